The standard InChI is InChI=1S/C10H11N/c1-2-3-9-11-10-7-5-4-6-8-10/h2,4-9H,1,3H2/b11-9+. The molecule has 0 atom stereocenters. The molecule has 11 heavy (non-hydrogen) atoms. The Morgan fingerprint density at radius 2 is 2.00 bits per heavy atom. The molecule has 0 aliphatic carbocycles. The van der Waals surface area contributed by atoms with Crippen molar-refractivity contribution in [1.29, 1.82) is 0 Å². The zero-order chi connectivity index (χ0) is 7.94. The summed E-state index contributed by atoms with van der Waals surface area (Å²) in [5.74, 6) is 0. The minimum absolute atomic E-state index is 0.828. The Kier molecular flexibility index (Phi) is 3.13. The van der Waals surface area contributed by atoms with Crippen LogP contribution in [0.2, 0.25) is 0 Å². The third-order valence-corrected chi connectivity index (χ3v) is 1.27. The van der Waals surface area contributed by atoms with Crippen LogP contribution in [0.1, 0.15) is 6.42 Å². The molecule has 0 aromatic heterocycles. The number of hydrogen-bond donors (Lipinski definition) is 0. The average molecular weight is 145 g/mol. The van der Waals surface area contributed by atoms with E-state index < -0.39 is 0 Å². The fourth-order valence-corrected chi connectivity index (χ4v) is 0.747. The topological polar surface area (TPSA) is 12.4 Å². The van der Waals surface area contributed by atoms with E-state index in [2.05, 4.69) is 11.6 Å². The van der Waals surface area contributed by atoms with E-state index in [-0.39, 0.29) is 0 Å². The predicted molar refractivity (Wildman–Crippen MR) is 49.4 cm³/mol. The second-order valence-electron chi connectivity index (χ2n) is 2.17. The molecule has 1 nitrogen and oxygen atoms in total. The van der Waals surface area contributed by atoms with Crippen LogP contribution >= 0.6 is 0 Å². The number of allylic oxidation sites excluding steroid dienone is 1. The molecular formula is C10H11N. The molecule has 0 aliphatic rings. The van der Waals surface area contributed by atoms with E-state index in [0.29, 0.717) is 0 Å². The fraction of sp³-hybridized carbons (Fsp3) is 0.100. The molecule has 0 bridgehead atoms. The molecule has 0 radical (unpaired) electrons. The summed E-state index contributed by atoms with van der Waals surface area (Å²) in [5, 5.41) is 0. The largest absolute Gasteiger partial charge is 0.261 e. The molecule has 1 rings (SSSR count). The highest BCUT2D eigenvalue weighted by atomic mass is 14.7. The maximum atomic E-state index is 4.20. The van der Waals surface area contributed by atoms with Crippen LogP contribution in [0.3, 0.4) is 0 Å². The van der Waals surface area contributed by atoms with Gasteiger partial charge in [-0.3, -0.25) is 4.99 Å². The summed E-state index contributed by atoms with van der Waals surface area (Å²) < 4.78 is 0. The number of rotatable bonds is 3. The van der Waals surface area contributed by atoms with E-state index in [0.717, 1.165) is 12.1 Å². The summed E-state index contributed by atoms with van der Waals surface area (Å²) >= 11 is 0. The minimum Gasteiger partial charge on any atom is -0.261 e. The molecule has 0 saturated carbocycles. The average Bonchev–Trinajstić information content (AvgIpc) is 2.07. The Hall–Kier alpha value is -1.37. The number of hydrogen-bond acceptors (Lipinski definition) is 1. The third-order valence-electron chi connectivity index (χ3n) is 1.27. The molecule has 0 heterocycles. The lowest BCUT2D eigenvalue weighted by Gasteiger charge is -1.88. The van der Waals surface area contributed by atoms with Gasteiger partial charge in [0.1, 0.15) is 0 Å². The molecule has 0 amide bonds. The third kappa shape index (κ3) is 2.80. The van der Waals surface area contributed by atoms with Crippen molar-refractivity contribution in [3.8, 4) is 0 Å². The first-order valence-corrected chi connectivity index (χ1v) is 3.62. The Morgan fingerprint density at radius 3 is 2.64 bits per heavy atom. The van der Waals surface area contributed by atoms with Crippen molar-refractivity contribution in [3.63, 3.8) is 0 Å². The lowest BCUT2D eigenvalue weighted by atomic mass is 10.3. The van der Waals surface area contributed by atoms with Gasteiger partial charge in [0.2, 0.25) is 0 Å². The van der Waals surface area contributed by atoms with Gasteiger partial charge in [0.15, 0.2) is 0 Å². The van der Waals surface area contributed by atoms with E-state index >= 15 is 0 Å². The quantitative estimate of drug-likeness (QED) is 0.458. The molecule has 0 unspecified atom stereocenters. The monoisotopic (exact) mass is 145 g/mol. The molecule has 56 valence electrons. The van der Waals surface area contributed by atoms with Crippen LogP contribution in [0.4, 0.5) is 5.69 Å². The van der Waals surface area contributed by atoms with Crippen LogP contribution in [0.15, 0.2) is 48.0 Å². The minimum atomic E-state index is 0.828. The fourth-order valence-electron chi connectivity index (χ4n) is 0.747. The second-order valence-corrected chi connectivity index (χ2v) is 2.17. The van der Waals surface area contributed by atoms with Crippen LogP contribution in [0.25, 0.3) is 0 Å². The van der Waals surface area contributed by atoms with Crippen molar-refractivity contribution in [2.24, 2.45) is 4.99 Å². The summed E-state index contributed by atoms with van der Waals surface area (Å²) in [5.41, 5.74) is 0.995. The lowest BCUT2D eigenvalue weighted by molar-refractivity contribution is 1.46. The van der Waals surface area contributed by atoms with Crippen molar-refractivity contribution in [2.75, 3.05) is 0 Å². The SMILES string of the molecule is C=CC/C=N/c1ccccc1. The maximum absolute atomic E-state index is 4.20. The number of nitrogens with zero attached hydrogens (tertiary/aromatic N) is 1. The Morgan fingerprint density at radius 1 is 1.27 bits per heavy atom. The second kappa shape index (κ2) is 4.45. The summed E-state index contributed by atoms with van der Waals surface area (Å²) in [6.45, 7) is 3.60. The van der Waals surface area contributed by atoms with Crippen LogP contribution in [0, 0.1) is 0 Å². The van der Waals surface area contributed by atoms with Crippen molar-refractivity contribution < 1.29 is 0 Å². The molecule has 0 saturated heterocycles. The predicted octanol–water partition coefficient (Wildman–Crippen LogP) is 2.97. The summed E-state index contributed by atoms with van der Waals surface area (Å²) in [7, 11) is 0. The Labute approximate surface area is 67.1 Å². The molecule has 1 heteroatoms. The smallest absolute Gasteiger partial charge is 0.0625 e. The van der Waals surface area contributed by atoms with Crippen molar-refractivity contribution in [3.05, 3.63) is 43.0 Å². The van der Waals surface area contributed by atoms with E-state index in [4.69, 9.17) is 0 Å². The van der Waals surface area contributed by atoms with Gasteiger partial charge in [0.05, 0.1) is 5.69 Å². The van der Waals surface area contributed by atoms with E-state index in [1.54, 1.807) is 0 Å². The summed E-state index contributed by atoms with van der Waals surface area (Å²) in [4.78, 5) is 4.20. The van der Waals surface area contributed by atoms with Crippen molar-refractivity contribution in [2.45, 2.75) is 6.42 Å². The zero-order valence-electron chi connectivity index (χ0n) is 6.40. The maximum Gasteiger partial charge on any atom is 0.0625 e. The van der Waals surface area contributed by atoms with Crippen molar-refractivity contribution >= 4 is 11.9 Å². The van der Waals surface area contributed by atoms with Gasteiger partial charge < -0.3 is 0 Å². The summed E-state index contributed by atoms with van der Waals surface area (Å²) in [6.07, 6.45) is 4.50. The zero-order valence-corrected chi connectivity index (χ0v) is 6.40. The molecule has 0 spiro atoms. The summed E-state index contributed by atoms with van der Waals surface area (Å²) in [6, 6.07) is 9.87. The first kappa shape index (κ1) is 7.73. The first-order chi connectivity index (χ1) is 5.43. The van der Waals surface area contributed by atoms with Crippen molar-refractivity contribution in [1.82, 2.24) is 0 Å². The number of aliphatic imine (C=N–C) groups is 1. The molecule has 0 N–H and O–H groups in total. The molecule has 1 aromatic carbocycles. The highest BCUT2D eigenvalue weighted by molar-refractivity contribution is 5.64. The lowest BCUT2D eigenvalue weighted by Crippen LogP contribution is -1.67. The van der Waals surface area contributed by atoms with E-state index in [9.17, 15) is 0 Å². The number of para-hydroxylation sites is 1. The Balaban J connectivity index is 2.57. The van der Waals surface area contributed by atoms with Gasteiger partial charge in [-0.15, -0.1) is 6.58 Å². The molecule has 0 aliphatic heterocycles. The van der Waals surface area contributed by atoms with E-state index in [1.165, 1.54) is 0 Å². The van der Waals surface area contributed by atoms with Gasteiger partial charge in [0, 0.05) is 12.6 Å². The molecule has 1 aromatic rings. The van der Waals surface area contributed by atoms with Gasteiger partial charge >= 0.3 is 0 Å². The first-order valence-electron chi connectivity index (χ1n) is 3.62. The molecule has 0 fully saturated rings. The van der Waals surface area contributed by atoms with E-state index in [1.807, 2.05) is 42.6 Å². The van der Waals surface area contributed by atoms with Crippen LogP contribution in [-0.2, 0) is 0 Å². The van der Waals surface area contributed by atoms with Gasteiger partial charge in [-0.1, -0.05) is 24.3 Å². The van der Waals surface area contributed by atoms with Crippen LogP contribution in [0.5, 0.6) is 0 Å². The Bertz CT molecular complexity index is 236. The highest BCUT2D eigenvalue weighted by Crippen LogP contribution is 2.08. The number of benzene rings is 1. The highest BCUT2D eigenvalue weighted by Gasteiger charge is 1.80. The normalized spacial score (nSPS) is 10.2. The van der Waals surface area contributed by atoms with Gasteiger partial charge in [-0.05, 0) is 12.1 Å². The van der Waals surface area contributed by atoms with Crippen LogP contribution in [-0.4, -0.2) is 6.21 Å². The molecular weight excluding hydrogens is 134 g/mol. The van der Waals surface area contributed by atoms with Crippen LogP contribution < -0.4 is 0 Å². The van der Waals surface area contributed by atoms with Gasteiger partial charge in [-0.2, -0.15) is 0 Å². The van der Waals surface area contributed by atoms with Gasteiger partial charge in [0.25, 0.3) is 0 Å². The van der Waals surface area contributed by atoms with Gasteiger partial charge in [-0.25, -0.2) is 0 Å².